The maximum Gasteiger partial charge on any atom is 0.247 e. The van der Waals surface area contributed by atoms with Crippen molar-refractivity contribution < 1.29 is 0 Å². The lowest BCUT2D eigenvalue weighted by molar-refractivity contribution is 0.332. The van der Waals surface area contributed by atoms with Crippen molar-refractivity contribution in [1.82, 2.24) is 0 Å². The molecule has 0 fully saturated rings. The van der Waals surface area contributed by atoms with Crippen LogP contribution in [0.25, 0.3) is 0 Å². The zero-order valence-electron chi connectivity index (χ0n) is 29.3. The molecule has 0 aromatic heterocycles. The quantitative estimate of drug-likeness (QED) is 0.176. The Bertz CT molecular complexity index is 1900. The maximum atomic E-state index is 2.66. The van der Waals surface area contributed by atoms with Crippen LogP contribution in [0.2, 0.25) is 0 Å². The number of rotatable bonds is 1. The van der Waals surface area contributed by atoms with Gasteiger partial charge in [0.25, 0.3) is 0 Å². The Kier molecular flexibility index (Phi) is 5.81. The first kappa shape index (κ1) is 29.2. The number of nitrogens with zero attached hydrogens (tertiary/aromatic N) is 1. The van der Waals surface area contributed by atoms with E-state index in [2.05, 4.69) is 147 Å². The summed E-state index contributed by atoms with van der Waals surface area (Å²) in [6.07, 6.45) is 4.90. The minimum atomic E-state index is -0.0705. The van der Waals surface area contributed by atoms with Crippen LogP contribution < -0.4 is 21.3 Å². The van der Waals surface area contributed by atoms with Crippen LogP contribution in [-0.4, -0.2) is 6.71 Å². The van der Waals surface area contributed by atoms with E-state index < -0.39 is 0 Å². The second-order valence-electron chi connectivity index (χ2n) is 17.9. The van der Waals surface area contributed by atoms with E-state index in [1.54, 1.807) is 5.56 Å². The van der Waals surface area contributed by atoms with Gasteiger partial charge < -0.3 is 4.90 Å². The van der Waals surface area contributed by atoms with Gasteiger partial charge in [0, 0.05) is 22.5 Å². The predicted octanol–water partition coefficient (Wildman–Crippen LogP) is 9.32. The minimum absolute atomic E-state index is 0.0705. The van der Waals surface area contributed by atoms with Gasteiger partial charge in [-0.25, -0.2) is 0 Å². The largest absolute Gasteiger partial charge is 0.311 e. The molecule has 2 heterocycles. The summed E-state index contributed by atoms with van der Waals surface area (Å²) >= 11 is 0. The molecular weight excluding hydrogens is 541 g/mol. The van der Waals surface area contributed by atoms with Gasteiger partial charge in [0.05, 0.1) is 0 Å². The van der Waals surface area contributed by atoms with E-state index in [1.807, 2.05) is 0 Å². The molecule has 0 spiro atoms. The molecule has 2 heteroatoms. The van der Waals surface area contributed by atoms with Gasteiger partial charge in [0.15, 0.2) is 0 Å². The second kappa shape index (κ2) is 8.96. The van der Waals surface area contributed by atoms with Crippen LogP contribution in [0.15, 0.2) is 72.8 Å². The highest BCUT2D eigenvalue weighted by atomic mass is 15.2. The first-order chi connectivity index (χ1) is 21.0. The number of anilines is 3. The molecule has 4 aromatic rings. The zero-order chi connectivity index (χ0) is 31.9. The SMILES string of the molecule is CC1(C)CCC(C)(C)c2cc(N3c4cc5c(cc4B4c6ccccc6C(C)(C)c6cccc3c64)C(C)(C)CCC5(C)C)ccc21. The van der Waals surface area contributed by atoms with E-state index in [4.69, 9.17) is 0 Å². The van der Waals surface area contributed by atoms with Crippen molar-refractivity contribution in [1.29, 1.82) is 0 Å². The topological polar surface area (TPSA) is 3.24 Å². The van der Waals surface area contributed by atoms with E-state index >= 15 is 0 Å². The third-order valence-electron chi connectivity index (χ3n) is 12.9. The molecular formula is C43H50BN. The van der Waals surface area contributed by atoms with E-state index in [1.165, 1.54) is 87.0 Å². The smallest absolute Gasteiger partial charge is 0.247 e. The van der Waals surface area contributed by atoms with Gasteiger partial charge in [-0.2, -0.15) is 0 Å². The first-order valence-electron chi connectivity index (χ1n) is 17.4. The fourth-order valence-corrected chi connectivity index (χ4v) is 9.71. The normalized spacial score (nSPS) is 22.0. The Labute approximate surface area is 272 Å². The average Bonchev–Trinajstić information content (AvgIpc) is 2.99. The fourth-order valence-electron chi connectivity index (χ4n) is 9.71. The molecule has 1 nitrogen and oxygen atoms in total. The summed E-state index contributed by atoms with van der Waals surface area (Å²) in [7, 11) is 0. The summed E-state index contributed by atoms with van der Waals surface area (Å²) in [4.78, 5) is 2.66. The van der Waals surface area contributed by atoms with Crippen molar-refractivity contribution in [3.05, 3.63) is 106 Å². The van der Waals surface area contributed by atoms with Crippen LogP contribution in [0, 0.1) is 0 Å². The molecule has 0 bridgehead atoms. The lowest BCUT2D eigenvalue weighted by atomic mass is 9.30. The Morgan fingerprint density at radius 2 is 1.02 bits per heavy atom. The maximum absolute atomic E-state index is 2.66. The molecule has 230 valence electrons. The molecule has 2 aliphatic carbocycles. The Morgan fingerprint density at radius 1 is 0.467 bits per heavy atom. The lowest BCUT2D eigenvalue weighted by Crippen LogP contribution is -2.64. The molecule has 8 rings (SSSR count). The summed E-state index contributed by atoms with van der Waals surface area (Å²) in [5.74, 6) is 0. The fraction of sp³-hybridized carbons (Fsp3) is 0.442. The Hall–Kier alpha value is -3.26. The predicted molar refractivity (Wildman–Crippen MR) is 195 cm³/mol. The molecule has 0 N–H and O–H groups in total. The highest BCUT2D eigenvalue weighted by molar-refractivity contribution is 6.99. The van der Waals surface area contributed by atoms with Gasteiger partial charge in [0.1, 0.15) is 0 Å². The van der Waals surface area contributed by atoms with E-state index in [0.717, 1.165) is 0 Å². The molecule has 0 unspecified atom stereocenters. The summed E-state index contributed by atoms with van der Waals surface area (Å²) in [5, 5.41) is 0. The summed E-state index contributed by atoms with van der Waals surface area (Å²) in [6, 6.07) is 29.2. The van der Waals surface area contributed by atoms with Crippen LogP contribution in [0.5, 0.6) is 0 Å². The summed E-state index contributed by atoms with van der Waals surface area (Å²) in [5.41, 5.74) is 18.1. The molecule has 45 heavy (non-hydrogen) atoms. The number of hydrogen-bond acceptors (Lipinski definition) is 1. The van der Waals surface area contributed by atoms with E-state index in [9.17, 15) is 0 Å². The lowest BCUT2D eigenvalue weighted by Gasteiger charge is -2.48. The third kappa shape index (κ3) is 3.93. The van der Waals surface area contributed by atoms with Crippen molar-refractivity contribution in [3.8, 4) is 0 Å². The van der Waals surface area contributed by atoms with Crippen LogP contribution in [0.1, 0.15) is 128 Å². The third-order valence-corrected chi connectivity index (χ3v) is 12.9. The average molecular weight is 592 g/mol. The van der Waals surface area contributed by atoms with Crippen LogP contribution in [-0.2, 0) is 27.1 Å². The van der Waals surface area contributed by atoms with Crippen molar-refractivity contribution in [3.63, 3.8) is 0 Å². The minimum Gasteiger partial charge on any atom is -0.311 e. The first-order valence-corrected chi connectivity index (χ1v) is 17.4. The molecule has 4 aromatic carbocycles. The number of benzene rings is 4. The van der Waals surface area contributed by atoms with Gasteiger partial charge in [-0.05, 0) is 116 Å². The standard InChI is InChI=1S/C43H50BN/c1-39(2)20-21-40(3,4)31-24-27(18-19-28(31)39)45-36-17-13-15-30-38(36)44(34-16-12-11-14-29(34)43(30,9)10)35-25-32-33(26-37(35)45)42(7,8)23-22-41(32,5)6/h11-19,24-26H,20-23H2,1-10H3. The van der Waals surface area contributed by atoms with Gasteiger partial charge in [0.2, 0.25) is 6.71 Å². The highest BCUT2D eigenvalue weighted by Crippen LogP contribution is 2.51. The van der Waals surface area contributed by atoms with Crippen molar-refractivity contribution in [2.45, 2.75) is 122 Å². The monoisotopic (exact) mass is 591 g/mol. The van der Waals surface area contributed by atoms with Gasteiger partial charge in [-0.1, -0.05) is 123 Å². The van der Waals surface area contributed by atoms with Gasteiger partial charge in [-0.3, -0.25) is 0 Å². The van der Waals surface area contributed by atoms with E-state index in [-0.39, 0.29) is 33.8 Å². The van der Waals surface area contributed by atoms with Crippen molar-refractivity contribution >= 4 is 40.2 Å². The van der Waals surface area contributed by atoms with Crippen LogP contribution >= 0.6 is 0 Å². The molecule has 0 saturated heterocycles. The van der Waals surface area contributed by atoms with Crippen LogP contribution in [0.3, 0.4) is 0 Å². The molecule has 4 aliphatic rings. The molecule has 0 atom stereocenters. The van der Waals surface area contributed by atoms with E-state index in [0.29, 0.717) is 0 Å². The van der Waals surface area contributed by atoms with Crippen molar-refractivity contribution in [2.75, 3.05) is 4.90 Å². The van der Waals surface area contributed by atoms with Gasteiger partial charge in [-0.15, -0.1) is 0 Å². The number of fused-ring (bicyclic) bond motifs is 6. The zero-order valence-corrected chi connectivity index (χ0v) is 29.3. The highest BCUT2D eigenvalue weighted by Gasteiger charge is 2.48. The van der Waals surface area contributed by atoms with Crippen molar-refractivity contribution in [2.24, 2.45) is 0 Å². The Morgan fingerprint density at radius 3 is 1.69 bits per heavy atom. The summed E-state index contributed by atoms with van der Waals surface area (Å²) in [6.45, 7) is 24.7. The van der Waals surface area contributed by atoms with Gasteiger partial charge >= 0.3 is 0 Å². The number of hydrogen-bond donors (Lipinski definition) is 0. The molecule has 0 saturated carbocycles. The molecule has 0 amide bonds. The molecule has 0 radical (unpaired) electrons. The molecule has 2 aliphatic heterocycles. The van der Waals surface area contributed by atoms with Crippen LogP contribution in [0.4, 0.5) is 17.1 Å². The second-order valence-corrected chi connectivity index (χ2v) is 17.9. The Balaban J connectivity index is 1.48. The summed E-state index contributed by atoms with van der Waals surface area (Å²) < 4.78 is 0.